The van der Waals surface area contributed by atoms with Crippen LogP contribution in [0.1, 0.15) is 25.8 Å². The minimum atomic E-state index is -4.16. The lowest BCUT2D eigenvalue weighted by Gasteiger charge is -2.23. The predicted octanol–water partition coefficient (Wildman–Crippen LogP) is 4.86. The summed E-state index contributed by atoms with van der Waals surface area (Å²) in [6, 6.07) is 8.64. The van der Waals surface area contributed by atoms with Crippen molar-refractivity contribution in [2.24, 2.45) is 4.99 Å². The Labute approximate surface area is 190 Å². The fraction of sp³-hybridized carbons (Fsp3) is 0.348. The van der Waals surface area contributed by atoms with Gasteiger partial charge in [0.25, 0.3) is 0 Å². The number of anilines is 1. The van der Waals surface area contributed by atoms with Crippen LogP contribution in [0.25, 0.3) is 0 Å². The summed E-state index contributed by atoms with van der Waals surface area (Å²) in [5.41, 5.74) is 6.19. The van der Waals surface area contributed by atoms with E-state index in [9.17, 15) is 8.42 Å². The molecule has 0 atom stereocenters. The Hall–Kier alpha value is -2.19. The summed E-state index contributed by atoms with van der Waals surface area (Å²) in [5.74, 6) is 0.661. The number of allylic oxidation sites excluding steroid dienone is 8. The van der Waals surface area contributed by atoms with Crippen molar-refractivity contribution >= 4 is 33.4 Å². The molecule has 3 rings (SSSR count). The highest BCUT2D eigenvalue weighted by molar-refractivity contribution is 7.80. The van der Waals surface area contributed by atoms with Crippen molar-refractivity contribution in [1.82, 2.24) is 0 Å². The summed E-state index contributed by atoms with van der Waals surface area (Å²) in [7, 11) is -1.15. The molecule has 0 spiro atoms. The number of hydrogen-bond donors (Lipinski definition) is 1. The highest BCUT2D eigenvalue weighted by Gasteiger charge is 2.37. The van der Waals surface area contributed by atoms with Crippen LogP contribution in [0.2, 0.25) is 0 Å². The van der Waals surface area contributed by atoms with E-state index in [2.05, 4.69) is 95.7 Å². The Balaban J connectivity index is 0.000000501. The molecule has 8 heteroatoms. The Kier molecular flexibility index (Phi) is 8.82. The van der Waals surface area contributed by atoms with Gasteiger partial charge in [0.2, 0.25) is 0 Å². The van der Waals surface area contributed by atoms with Gasteiger partial charge in [-0.1, -0.05) is 50.3 Å². The molecule has 0 bridgehead atoms. The number of alkyl halides is 1. The van der Waals surface area contributed by atoms with Gasteiger partial charge >= 0.3 is 10.4 Å². The zero-order valence-corrected chi connectivity index (χ0v) is 19.8. The predicted molar refractivity (Wildman–Crippen MR) is 129 cm³/mol. The summed E-state index contributed by atoms with van der Waals surface area (Å²) in [4.78, 5) is 6.81. The van der Waals surface area contributed by atoms with Gasteiger partial charge in [-0.05, 0) is 41.9 Å². The summed E-state index contributed by atoms with van der Waals surface area (Å²) in [6.07, 6.45) is 13.7. The molecule has 1 heterocycles. The summed E-state index contributed by atoms with van der Waals surface area (Å²) in [5, 5.41) is 0. The molecule has 0 aromatic heterocycles. The van der Waals surface area contributed by atoms with E-state index >= 15 is 0 Å². The topological polar surface area (TPSA) is 79.2 Å². The van der Waals surface area contributed by atoms with Gasteiger partial charge in [-0.15, -0.1) is 11.6 Å². The second-order valence-electron chi connectivity index (χ2n) is 7.53. The van der Waals surface area contributed by atoms with Crippen molar-refractivity contribution < 1.29 is 17.2 Å². The molecule has 2 aliphatic rings. The number of likely N-dealkylation sites (N-methyl/N-ethyl adjacent to an activating group) is 1. The van der Waals surface area contributed by atoms with Crippen molar-refractivity contribution in [3.8, 4) is 0 Å². The van der Waals surface area contributed by atoms with E-state index in [-0.39, 0.29) is 5.41 Å². The summed E-state index contributed by atoms with van der Waals surface area (Å²) >= 11 is 5.69. The molecule has 1 N–H and O–H groups in total. The number of benzene rings is 1. The largest absolute Gasteiger partial charge is 0.397 e. The fourth-order valence-corrected chi connectivity index (χ4v) is 3.56. The van der Waals surface area contributed by atoms with Crippen LogP contribution in [-0.2, 0) is 20.0 Å². The third kappa shape index (κ3) is 6.90. The number of rotatable bonds is 5. The molecule has 1 aromatic rings. The van der Waals surface area contributed by atoms with Gasteiger partial charge in [0, 0.05) is 36.3 Å². The van der Waals surface area contributed by atoms with Gasteiger partial charge in [-0.25, -0.2) is 0 Å². The minimum absolute atomic E-state index is 0.0126. The van der Waals surface area contributed by atoms with Gasteiger partial charge in [0.05, 0.1) is 12.8 Å². The van der Waals surface area contributed by atoms with Gasteiger partial charge < -0.3 is 4.90 Å². The third-order valence-corrected chi connectivity index (χ3v) is 5.75. The van der Waals surface area contributed by atoms with Crippen molar-refractivity contribution in [3.63, 3.8) is 0 Å². The minimum Gasteiger partial charge on any atom is -0.347 e. The lowest BCUT2D eigenvalue weighted by Crippen LogP contribution is -2.22. The molecule has 0 fully saturated rings. The molecule has 6 nitrogen and oxygen atoms in total. The van der Waals surface area contributed by atoms with Crippen LogP contribution in [0.15, 0.2) is 77.0 Å². The Morgan fingerprint density at radius 3 is 2.32 bits per heavy atom. The first kappa shape index (κ1) is 25.1. The van der Waals surface area contributed by atoms with Crippen LogP contribution in [0, 0.1) is 0 Å². The number of para-hydroxylation sites is 1. The summed E-state index contributed by atoms with van der Waals surface area (Å²) < 4.78 is 29.7. The Bertz CT molecular complexity index is 1020. The molecule has 0 radical (unpaired) electrons. The normalized spacial score (nSPS) is 18.0. The molecular formula is C23H29ClN2O4S. The maximum atomic E-state index is 9.33. The second kappa shape index (κ2) is 10.9. The molecular weight excluding hydrogens is 436 g/mol. The Morgan fingerprint density at radius 1 is 1.16 bits per heavy atom. The van der Waals surface area contributed by atoms with Gasteiger partial charge in [-0.2, -0.15) is 8.42 Å². The highest BCUT2D eigenvalue weighted by atomic mass is 35.5. The van der Waals surface area contributed by atoms with Crippen molar-refractivity contribution in [1.29, 1.82) is 0 Å². The van der Waals surface area contributed by atoms with E-state index in [0.29, 0.717) is 5.88 Å². The van der Waals surface area contributed by atoms with Crippen molar-refractivity contribution in [2.75, 3.05) is 31.5 Å². The molecule has 168 valence electrons. The fourth-order valence-electron chi connectivity index (χ4n) is 3.44. The third-order valence-electron chi connectivity index (χ3n) is 5.06. The smallest absolute Gasteiger partial charge is 0.347 e. The quantitative estimate of drug-likeness (QED) is 0.382. The van der Waals surface area contributed by atoms with Crippen molar-refractivity contribution in [3.05, 3.63) is 77.6 Å². The molecule has 0 unspecified atom stereocenters. The lowest BCUT2D eigenvalue weighted by molar-refractivity contribution is 0.324. The number of nitrogens with zero attached hydrogens (tertiary/aromatic N) is 2. The highest BCUT2D eigenvalue weighted by Crippen LogP contribution is 2.46. The number of hydrogen-bond acceptors (Lipinski definition) is 5. The molecule has 31 heavy (non-hydrogen) atoms. The first-order valence-electron chi connectivity index (χ1n) is 9.85. The SMILES string of the molecule is CN1C(=CC=C2C=CC(=NCCCCl)C=C2)C(C)(C)c2ccccc21.COS(=O)(=O)O. The van der Waals surface area contributed by atoms with Gasteiger partial charge in [0.15, 0.2) is 0 Å². The zero-order valence-electron chi connectivity index (χ0n) is 18.2. The molecule has 0 saturated heterocycles. The number of fused-ring (bicyclic) bond motifs is 1. The zero-order chi connectivity index (χ0) is 23.1. The van der Waals surface area contributed by atoms with E-state index in [0.717, 1.165) is 25.8 Å². The molecule has 1 aliphatic heterocycles. The van der Waals surface area contributed by atoms with E-state index in [1.807, 2.05) is 0 Å². The molecule has 1 aliphatic carbocycles. The second-order valence-corrected chi connectivity index (χ2v) is 9.10. The van der Waals surface area contributed by atoms with Crippen LogP contribution >= 0.6 is 11.6 Å². The first-order valence-corrected chi connectivity index (χ1v) is 11.8. The average Bonchev–Trinajstić information content (AvgIpc) is 2.93. The molecule has 0 saturated carbocycles. The van der Waals surface area contributed by atoms with Gasteiger partial charge in [-0.3, -0.25) is 13.7 Å². The van der Waals surface area contributed by atoms with Crippen LogP contribution in [0.4, 0.5) is 5.69 Å². The average molecular weight is 465 g/mol. The summed E-state index contributed by atoms with van der Waals surface area (Å²) in [6.45, 7) is 5.36. The van der Waals surface area contributed by atoms with Crippen LogP contribution < -0.4 is 4.90 Å². The van der Waals surface area contributed by atoms with Gasteiger partial charge in [0.1, 0.15) is 0 Å². The standard InChI is InChI=1S/C22H25ClN2.CH4O4S/c1-22(2)19-7-4-5-8-20(19)25(3)21(22)14-11-17-9-12-18(13-10-17)24-16-6-15-23;1-5-6(2,3)4/h4-5,7-14H,6,15-16H2,1-3H3;1H3,(H,2,3,4). The van der Waals surface area contributed by atoms with E-state index in [4.69, 9.17) is 16.2 Å². The van der Waals surface area contributed by atoms with Crippen LogP contribution in [-0.4, -0.2) is 45.3 Å². The molecule has 1 aromatic carbocycles. The van der Waals surface area contributed by atoms with Crippen molar-refractivity contribution in [2.45, 2.75) is 25.7 Å². The van der Waals surface area contributed by atoms with Crippen LogP contribution in [0.5, 0.6) is 0 Å². The number of halogens is 1. The lowest BCUT2D eigenvalue weighted by atomic mass is 9.83. The maximum absolute atomic E-state index is 9.33. The van der Waals surface area contributed by atoms with E-state index in [1.54, 1.807) is 0 Å². The number of aliphatic imine (C=N–C) groups is 1. The first-order chi connectivity index (χ1) is 14.6. The Morgan fingerprint density at radius 2 is 1.77 bits per heavy atom. The molecule has 0 amide bonds. The monoisotopic (exact) mass is 464 g/mol. The van der Waals surface area contributed by atoms with E-state index < -0.39 is 10.4 Å². The maximum Gasteiger partial charge on any atom is 0.397 e. The van der Waals surface area contributed by atoms with E-state index in [1.165, 1.54) is 22.5 Å². The van der Waals surface area contributed by atoms with Crippen LogP contribution in [0.3, 0.4) is 0 Å².